The second kappa shape index (κ2) is 5.13. The van der Waals surface area contributed by atoms with Crippen molar-refractivity contribution in [3.05, 3.63) is 36.2 Å². The predicted octanol–water partition coefficient (Wildman–Crippen LogP) is 1.70. The summed E-state index contributed by atoms with van der Waals surface area (Å²) in [6.07, 6.45) is 6.81. The van der Waals surface area contributed by atoms with E-state index in [0.717, 1.165) is 25.7 Å². The summed E-state index contributed by atoms with van der Waals surface area (Å²) in [5.74, 6) is 1.43. The average molecular weight is 320 g/mol. The van der Waals surface area contributed by atoms with Gasteiger partial charge in [0.2, 0.25) is 15.9 Å². The Kier molecular flexibility index (Phi) is 3.23. The zero-order chi connectivity index (χ0) is 15.2. The van der Waals surface area contributed by atoms with E-state index in [9.17, 15) is 8.42 Å². The van der Waals surface area contributed by atoms with Gasteiger partial charge in [-0.05, 0) is 37.8 Å². The van der Waals surface area contributed by atoms with Crippen molar-refractivity contribution in [1.29, 1.82) is 0 Å². The van der Waals surface area contributed by atoms with Crippen LogP contribution >= 0.6 is 0 Å². The SMILES string of the molecule is O=S(=O)(c1cccnc1)N(Cc1noc(C2CC2)n1)C1CC1. The van der Waals surface area contributed by atoms with Crippen molar-refractivity contribution >= 4 is 10.0 Å². The van der Waals surface area contributed by atoms with E-state index >= 15 is 0 Å². The van der Waals surface area contributed by atoms with Crippen LogP contribution in [-0.2, 0) is 16.6 Å². The quantitative estimate of drug-likeness (QED) is 0.804. The first-order chi connectivity index (χ1) is 10.6. The van der Waals surface area contributed by atoms with Crippen LogP contribution in [0.15, 0.2) is 33.9 Å². The molecule has 2 aromatic rings. The molecule has 0 N–H and O–H groups in total. The van der Waals surface area contributed by atoms with E-state index in [1.54, 1.807) is 18.3 Å². The number of rotatable bonds is 6. The van der Waals surface area contributed by atoms with Crippen LogP contribution in [0.2, 0.25) is 0 Å². The third-order valence-electron chi connectivity index (χ3n) is 3.90. The number of sulfonamides is 1. The molecule has 0 saturated heterocycles. The Morgan fingerprint density at radius 2 is 2.09 bits per heavy atom. The fourth-order valence-corrected chi connectivity index (χ4v) is 3.98. The molecule has 8 heteroatoms. The van der Waals surface area contributed by atoms with Gasteiger partial charge >= 0.3 is 0 Å². The number of nitrogens with zero attached hydrogens (tertiary/aromatic N) is 4. The van der Waals surface area contributed by atoms with Crippen LogP contribution in [0, 0.1) is 0 Å². The van der Waals surface area contributed by atoms with Crippen LogP contribution < -0.4 is 0 Å². The molecule has 2 aliphatic carbocycles. The molecule has 0 radical (unpaired) electrons. The van der Waals surface area contributed by atoms with Crippen LogP contribution in [0.25, 0.3) is 0 Å². The molecule has 2 aromatic heterocycles. The Morgan fingerprint density at radius 1 is 1.27 bits per heavy atom. The van der Waals surface area contributed by atoms with E-state index < -0.39 is 10.0 Å². The Hall–Kier alpha value is -1.80. The number of hydrogen-bond donors (Lipinski definition) is 0. The molecule has 22 heavy (non-hydrogen) atoms. The summed E-state index contributed by atoms with van der Waals surface area (Å²) in [6, 6.07) is 3.20. The number of aromatic nitrogens is 3. The summed E-state index contributed by atoms with van der Waals surface area (Å²) in [5, 5.41) is 3.93. The Bertz CT molecular complexity index is 766. The zero-order valence-electron chi connectivity index (χ0n) is 11.9. The molecule has 7 nitrogen and oxygen atoms in total. The summed E-state index contributed by atoms with van der Waals surface area (Å²) in [7, 11) is -3.58. The minimum atomic E-state index is -3.58. The summed E-state index contributed by atoms with van der Waals surface area (Å²) >= 11 is 0. The van der Waals surface area contributed by atoms with Crippen LogP contribution in [0.3, 0.4) is 0 Å². The molecule has 116 valence electrons. The van der Waals surface area contributed by atoms with Crippen LogP contribution in [0.1, 0.15) is 43.3 Å². The fourth-order valence-electron chi connectivity index (χ4n) is 2.38. The molecule has 0 aliphatic heterocycles. The van der Waals surface area contributed by atoms with Gasteiger partial charge in [0.25, 0.3) is 0 Å². The summed E-state index contributed by atoms with van der Waals surface area (Å²) in [6.45, 7) is 0.151. The Labute approximate surface area is 128 Å². The fraction of sp³-hybridized carbons (Fsp3) is 0.500. The van der Waals surface area contributed by atoms with Gasteiger partial charge in [-0.3, -0.25) is 4.98 Å². The van der Waals surface area contributed by atoms with Gasteiger partial charge in [-0.1, -0.05) is 5.16 Å². The van der Waals surface area contributed by atoms with E-state index in [1.165, 1.54) is 10.5 Å². The number of hydrogen-bond acceptors (Lipinski definition) is 6. The smallest absolute Gasteiger partial charge is 0.245 e. The standard InChI is InChI=1S/C14H16N4O3S/c19-22(20,12-2-1-7-15-8-12)18(11-5-6-11)9-13-16-14(21-17-13)10-3-4-10/h1-2,7-8,10-11H,3-6,9H2. The maximum Gasteiger partial charge on any atom is 0.245 e. The second-order valence-electron chi connectivity index (χ2n) is 5.79. The van der Waals surface area contributed by atoms with E-state index in [-0.39, 0.29) is 17.5 Å². The van der Waals surface area contributed by atoms with Crippen molar-refractivity contribution in [2.24, 2.45) is 0 Å². The van der Waals surface area contributed by atoms with E-state index in [2.05, 4.69) is 15.1 Å². The van der Waals surface area contributed by atoms with Crippen molar-refractivity contribution in [3.63, 3.8) is 0 Å². The molecule has 0 bridgehead atoms. The molecule has 0 amide bonds. The maximum absolute atomic E-state index is 12.8. The maximum atomic E-state index is 12.8. The van der Waals surface area contributed by atoms with Crippen molar-refractivity contribution in [3.8, 4) is 0 Å². The van der Waals surface area contributed by atoms with Crippen LogP contribution in [0.4, 0.5) is 0 Å². The van der Waals surface area contributed by atoms with Crippen molar-refractivity contribution < 1.29 is 12.9 Å². The molecular weight excluding hydrogens is 304 g/mol. The second-order valence-corrected chi connectivity index (χ2v) is 7.68. The van der Waals surface area contributed by atoms with Gasteiger partial charge < -0.3 is 4.52 Å². The highest BCUT2D eigenvalue weighted by atomic mass is 32.2. The van der Waals surface area contributed by atoms with E-state index in [4.69, 9.17) is 4.52 Å². The molecule has 2 heterocycles. The lowest BCUT2D eigenvalue weighted by Gasteiger charge is -2.19. The topological polar surface area (TPSA) is 89.2 Å². The van der Waals surface area contributed by atoms with Crippen molar-refractivity contribution in [2.75, 3.05) is 0 Å². The van der Waals surface area contributed by atoms with Gasteiger partial charge in [0.05, 0.1) is 6.54 Å². The Morgan fingerprint density at radius 3 is 2.73 bits per heavy atom. The number of pyridine rings is 1. The molecule has 2 aliphatic rings. The average Bonchev–Trinajstić information content (AvgIpc) is 3.45. The van der Waals surface area contributed by atoms with Gasteiger partial charge in [0.15, 0.2) is 5.82 Å². The normalized spacial score (nSPS) is 18.8. The molecular formula is C14H16N4O3S. The molecule has 4 rings (SSSR count). The highest BCUT2D eigenvalue weighted by Gasteiger charge is 2.39. The minimum absolute atomic E-state index is 0.0214. The lowest BCUT2D eigenvalue weighted by atomic mass is 10.4. The van der Waals surface area contributed by atoms with Gasteiger partial charge in [0.1, 0.15) is 4.90 Å². The van der Waals surface area contributed by atoms with Gasteiger partial charge in [-0.15, -0.1) is 0 Å². The van der Waals surface area contributed by atoms with Crippen molar-refractivity contribution in [2.45, 2.75) is 49.1 Å². The predicted molar refractivity (Wildman–Crippen MR) is 76.3 cm³/mol. The molecule has 2 fully saturated rings. The van der Waals surface area contributed by atoms with Gasteiger partial charge in [-0.25, -0.2) is 8.42 Å². The molecule has 0 aromatic carbocycles. The van der Waals surface area contributed by atoms with Gasteiger partial charge in [-0.2, -0.15) is 9.29 Å². The van der Waals surface area contributed by atoms with E-state index in [0.29, 0.717) is 17.6 Å². The first-order valence-electron chi connectivity index (χ1n) is 7.39. The highest BCUT2D eigenvalue weighted by Crippen LogP contribution is 2.39. The lowest BCUT2D eigenvalue weighted by Crippen LogP contribution is -2.33. The molecule has 0 unspecified atom stereocenters. The van der Waals surface area contributed by atoms with Crippen molar-refractivity contribution in [1.82, 2.24) is 19.4 Å². The first-order valence-corrected chi connectivity index (χ1v) is 8.83. The lowest BCUT2D eigenvalue weighted by molar-refractivity contribution is 0.353. The van der Waals surface area contributed by atoms with Crippen LogP contribution in [0.5, 0.6) is 0 Å². The van der Waals surface area contributed by atoms with Gasteiger partial charge in [0, 0.05) is 24.4 Å². The third kappa shape index (κ3) is 2.64. The molecule has 0 spiro atoms. The molecule has 2 saturated carbocycles. The summed E-state index contributed by atoms with van der Waals surface area (Å²) in [5.41, 5.74) is 0. The first kappa shape index (κ1) is 13.8. The Balaban J connectivity index is 1.60. The third-order valence-corrected chi connectivity index (χ3v) is 5.78. The summed E-state index contributed by atoms with van der Waals surface area (Å²) < 4.78 is 32.2. The zero-order valence-corrected chi connectivity index (χ0v) is 12.7. The monoisotopic (exact) mass is 320 g/mol. The van der Waals surface area contributed by atoms with Crippen LogP contribution in [-0.4, -0.2) is 33.9 Å². The minimum Gasteiger partial charge on any atom is -0.339 e. The largest absolute Gasteiger partial charge is 0.339 e. The summed E-state index contributed by atoms with van der Waals surface area (Å²) in [4.78, 5) is 8.43. The van der Waals surface area contributed by atoms with E-state index in [1.807, 2.05) is 0 Å². The highest BCUT2D eigenvalue weighted by molar-refractivity contribution is 7.89. The molecule has 0 atom stereocenters.